The first-order valence-corrected chi connectivity index (χ1v) is 10.6. The summed E-state index contributed by atoms with van der Waals surface area (Å²) in [5, 5.41) is 18.7. The number of nitrogens with zero attached hydrogens (tertiary/aromatic N) is 1. The monoisotopic (exact) mass is 413 g/mol. The molecule has 1 rings (SSSR count). The minimum Gasteiger partial charge on any atom is -0.391 e. The number of carbonyl (C=O) groups is 3. The maximum absolute atomic E-state index is 12.9. The molecule has 0 aromatic rings. The van der Waals surface area contributed by atoms with E-state index in [0.29, 0.717) is 18.9 Å². The largest absolute Gasteiger partial charge is 0.391 e. The first-order valence-electron chi connectivity index (χ1n) is 10.6. The van der Waals surface area contributed by atoms with Gasteiger partial charge in [0.25, 0.3) is 0 Å². The smallest absolute Gasteiger partial charge is 0.245 e. The van der Waals surface area contributed by atoms with Crippen LogP contribution >= 0.6 is 0 Å². The van der Waals surface area contributed by atoms with Crippen LogP contribution in [0.5, 0.6) is 0 Å². The summed E-state index contributed by atoms with van der Waals surface area (Å²) in [7, 11) is 0. The molecule has 2 amide bonds. The zero-order chi connectivity index (χ0) is 22.1. The van der Waals surface area contributed by atoms with E-state index in [0.717, 1.165) is 19.6 Å². The Labute approximate surface area is 174 Å². The van der Waals surface area contributed by atoms with Crippen molar-refractivity contribution in [2.24, 2.45) is 17.6 Å². The van der Waals surface area contributed by atoms with E-state index in [2.05, 4.69) is 34.7 Å². The van der Waals surface area contributed by atoms with Crippen LogP contribution in [0.3, 0.4) is 0 Å². The van der Waals surface area contributed by atoms with Crippen molar-refractivity contribution in [1.29, 1.82) is 0 Å². The predicted molar refractivity (Wildman–Crippen MR) is 112 cm³/mol. The Morgan fingerprint density at radius 2 is 1.83 bits per heavy atom. The number of piperazine rings is 1. The molecule has 1 saturated heterocycles. The van der Waals surface area contributed by atoms with Gasteiger partial charge in [-0.05, 0) is 25.8 Å². The van der Waals surface area contributed by atoms with Gasteiger partial charge in [0.05, 0.1) is 12.1 Å². The number of hydrogen-bond acceptors (Lipinski definition) is 7. The standard InChI is InChI=1S/C20H39N5O4/c1-12(2)11-25-9-8-22-10-16(25)19(28)24-17(14(5)26)20(29)23-15(6-7-21)18(27)13(3)4/h12-17,22,26H,6-11,21H2,1-5H3,(H,23,29)(H,24,28)/t14?,15-,16-,17-/m0/s1. The third kappa shape index (κ3) is 8.00. The van der Waals surface area contributed by atoms with Gasteiger partial charge in [0.1, 0.15) is 12.1 Å². The van der Waals surface area contributed by atoms with Gasteiger partial charge in [0.2, 0.25) is 11.8 Å². The maximum atomic E-state index is 12.9. The quantitative estimate of drug-likeness (QED) is 0.288. The van der Waals surface area contributed by atoms with E-state index in [-0.39, 0.29) is 24.2 Å². The number of amides is 2. The maximum Gasteiger partial charge on any atom is 0.245 e. The van der Waals surface area contributed by atoms with Crippen molar-refractivity contribution in [2.45, 2.75) is 65.3 Å². The Kier molecular flexibility index (Phi) is 10.7. The lowest BCUT2D eigenvalue weighted by Gasteiger charge is -2.37. The van der Waals surface area contributed by atoms with E-state index in [1.807, 2.05) is 0 Å². The average Bonchev–Trinajstić information content (AvgIpc) is 2.64. The Hall–Kier alpha value is -1.55. The molecule has 0 bridgehead atoms. The zero-order valence-electron chi connectivity index (χ0n) is 18.4. The molecule has 0 radical (unpaired) electrons. The molecule has 4 atom stereocenters. The van der Waals surface area contributed by atoms with Crippen molar-refractivity contribution in [2.75, 3.05) is 32.7 Å². The number of hydrogen-bond donors (Lipinski definition) is 5. The normalized spacial score (nSPS) is 20.9. The van der Waals surface area contributed by atoms with Gasteiger partial charge in [-0.25, -0.2) is 0 Å². The van der Waals surface area contributed by atoms with Crippen LogP contribution in [0.1, 0.15) is 41.0 Å². The Morgan fingerprint density at radius 1 is 1.17 bits per heavy atom. The number of rotatable bonds is 11. The highest BCUT2D eigenvalue weighted by Gasteiger charge is 2.34. The van der Waals surface area contributed by atoms with Gasteiger partial charge in [-0.2, -0.15) is 0 Å². The second-order valence-corrected chi connectivity index (χ2v) is 8.53. The number of nitrogens with two attached hydrogens (primary N) is 1. The van der Waals surface area contributed by atoms with Crippen LogP contribution in [0.2, 0.25) is 0 Å². The molecule has 9 nitrogen and oxygen atoms in total. The lowest BCUT2D eigenvalue weighted by molar-refractivity contribution is -0.136. The van der Waals surface area contributed by atoms with Crippen LogP contribution in [0.4, 0.5) is 0 Å². The fourth-order valence-corrected chi connectivity index (χ4v) is 3.46. The van der Waals surface area contributed by atoms with E-state index in [1.165, 1.54) is 6.92 Å². The number of Topliss-reactive ketones (excluding diaryl/α,β-unsaturated/α-hetero) is 1. The molecule has 1 aliphatic rings. The van der Waals surface area contributed by atoms with Crippen LogP contribution in [0.25, 0.3) is 0 Å². The third-order valence-electron chi connectivity index (χ3n) is 5.00. The molecule has 1 heterocycles. The van der Waals surface area contributed by atoms with E-state index in [1.54, 1.807) is 13.8 Å². The molecule has 0 spiro atoms. The van der Waals surface area contributed by atoms with Crippen LogP contribution in [0.15, 0.2) is 0 Å². The highest BCUT2D eigenvalue weighted by atomic mass is 16.3. The average molecular weight is 414 g/mol. The van der Waals surface area contributed by atoms with Crippen LogP contribution in [-0.2, 0) is 14.4 Å². The lowest BCUT2D eigenvalue weighted by Crippen LogP contribution is -2.63. The Morgan fingerprint density at radius 3 is 2.34 bits per heavy atom. The first kappa shape index (κ1) is 25.5. The number of nitrogens with one attached hydrogen (secondary N) is 3. The fourth-order valence-electron chi connectivity index (χ4n) is 3.46. The highest BCUT2D eigenvalue weighted by molar-refractivity contribution is 5.94. The summed E-state index contributed by atoms with van der Waals surface area (Å²) in [4.78, 5) is 40.1. The zero-order valence-corrected chi connectivity index (χ0v) is 18.4. The first-order chi connectivity index (χ1) is 13.6. The van der Waals surface area contributed by atoms with Gasteiger partial charge in [0, 0.05) is 32.1 Å². The van der Waals surface area contributed by atoms with Crippen molar-refractivity contribution >= 4 is 17.6 Å². The molecule has 1 fully saturated rings. The SMILES string of the molecule is CC(C)CN1CCNC[C@H]1C(=O)N[C@H](C(=O)N[C@@H](CCN)C(=O)C(C)C)C(C)O. The summed E-state index contributed by atoms with van der Waals surface area (Å²) in [6.07, 6.45) is -0.806. The van der Waals surface area contributed by atoms with Crippen molar-refractivity contribution in [3.05, 3.63) is 0 Å². The number of aliphatic hydroxyl groups is 1. The van der Waals surface area contributed by atoms with E-state index in [4.69, 9.17) is 5.73 Å². The van der Waals surface area contributed by atoms with Gasteiger partial charge in [-0.3, -0.25) is 19.3 Å². The lowest BCUT2D eigenvalue weighted by atomic mass is 9.98. The molecule has 0 aromatic heterocycles. The fraction of sp³-hybridized carbons (Fsp3) is 0.850. The van der Waals surface area contributed by atoms with Crippen molar-refractivity contribution in [3.8, 4) is 0 Å². The van der Waals surface area contributed by atoms with Gasteiger partial charge < -0.3 is 26.8 Å². The summed E-state index contributed by atoms with van der Waals surface area (Å²) in [6.45, 7) is 12.2. The van der Waals surface area contributed by atoms with Crippen LogP contribution < -0.4 is 21.7 Å². The number of carbonyl (C=O) groups excluding carboxylic acids is 3. The van der Waals surface area contributed by atoms with Crippen LogP contribution in [0, 0.1) is 11.8 Å². The van der Waals surface area contributed by atoms with E-state index in [9.17, 15) is 19.5 Å². The third-order valence-corrected chi connectivity index (χ3v) is 5.00. The number of ketones is 1. The molecular weight excluding hydrogens is 374 g/mol. The Balaban J connectivity index is 2.86. The summed E-state index contributed by atoms with van der Waals surface area (Å²) >= 11 is 0. The minimum atomic E-state index is -1.15. The summed E-state index contributed by atoms with van der Waals surface area (Å²) in [6, 6.07) is -2.30. The molecule has 168 valence electrons. The number of aliphatic hydroxyl groups excluding tert-OH is 1. The second-order valence-electron chi connectivity index (χ2n) is 8.53. The van der Waals surface area contributed by atoms with Crippen LogP contribution in [-0.4, -0.2) is 84.6 Å². The molecule has 6 N–H and O–H groups in total. The minimum absolute atomic E-state index is 0.126. The van der Waals surface area contributed by atoms with Gasteiger partial charge >= 0.3 is 0 Å². The molecule has 0 aliphatic carbocycles. The molecular formula is C20H39N5O4. The Bertz CT molecular complexity index is 553. The van der Waals surface area contributed by atoms with Crippen molar-refractivity contribution in [1.82, 2.24) is 20.9 Å². The van der Waals surface area contributed by atoms with Gasteiger partial charge in [-0.1, -0.05) is 27.7 Å². The molecule has 1 aliphatic heterocycles. The molecule has 0 saturated carbocycles. The van der Waals surface area contributed by atoms with E-state index >= 15 is 0 Å². The van der Waals surface area contributed by atoms with Crippen molar-refractivity contribution < 1.29 is 19.5 Å². The van der Waals surface area contributed by atoms with Gasteiger partial charge in [0.15, 0.2) is 5.78 Å². The summed E-state index contributed by atoms with van der Waals surface area (Å²) < 4.78 is 0. The molecule has 1 unspecified atom stereocenters. The topological polar surface area (TPSA) is 137 Å². The second kappa shape index (κ2) is 12.2. The highest BCUT2D eigenvalue weighted by Crippen LogP contribution is 2.09. The van der Waals surface area contributed by atoms with Gasteiger partial charge in [-0.15, -0.1) is 0 Å². The summed E-state index contributed by atoms with van der Waals surface area (Å²) in [5.74, 6) is -0.883. The van der Waals surface area contributed by atoms with E-state index < -0.39 is 30.1 Å². The van der Waals surface area contributed by atoms with Crippen molar-refractivity contribution in [3.63, 3.8) is 0 Å². The molecule has 9 heteroatoms. The summed E-state index contributed by atoms with van der Waals surface area (Å²) in [5.41, 5.74) is 5.58. The predicted octanol–water partition coefficient (Wildman–Crippen LogP) is -1.16. The molecule has 0 aromatic carbocycles. The molecule has 29 heavy (non-hydrogen) atoms.